The standard InChI is InChI=1S/C12H16N2O/c1-10(9-15)12(7-13)14-8-11-5-3-2-4-6-11/h2-6,10,12,14-15H,8-9H2,1H3/t10-,12?/m0/s1. The van der Waals surface area contributed by atoms with E-state index in [0.717, 1.165) is 5.56 Å². The van der Waals surface area contributed by atoms with Crippen molar-refractivity contribution in [2.24, 2.45) is 5.92 Å². The summed E-state index contributed by atoms with van der Waals surface area (Å²) >= 11 is 0. The van der Waals surface area contributed by atoms with Crippen LogP contribution < -0.4 is 5.32 Å². The Balaban J connectivity index is 2.46. The molecule has 0 aliphatic heterocycles. The molecule has 0 spiro atoms. The summed E-state index contributed by atoms with van der Waals surface area (Å²) in [6.45, 7) is 2.54. The summed E-state index contributed by atoms with van der Waals surface area (Å²) in [6.07, 6.45) is 0. The Bertz CT molecular complexity index is 318. The highest BCUT2D eigenvalue weighted by Crippen LogP contribution is 2.03. The minimum absolute atomic E-state index is 0.0278. The number of nitrogens with zero attached hydrogens (tertiary/aromatic N) is 1. The number of hydrogen-bond donors (Lipinski definition) is 2. The van der Waals surface area contributed by atoms with Gasteiger partial charge in [0, 0.05) is 19.1 Å². The van der Waals surface area contributed by atoms with Gasteiger partial charge in [0.05, 0.1) is 6.07 Å². The normalized spacial score (nSPS) is 14.2. The highest BCUT2D eigenvalue weighted by Gasteiger charge is 2.14. The summed E-state index contributed by atoms with van der Waals surface area (Å²) in [7, 11) is 0. The van der Waals surface area contributed by atoms with Gasteiger partial charge in [0.1, 0.15) is 6.04 Å². The Labute approximate surface area is 90.4 Å². The molecule has 0 heterocycles. The van der Waals surface area contributed by atoms with E-state index in [2.05, 4.69) is 11.4 Å². The lowest BCUT2D eigenvalue weighted by Gasteiger charge is -2.16. The van der Waals surface area contributed by atoms with Crippen LogP contribution in [0.3, 0.4) is 0 Å². The van der Waals surface area contributed by atoms with Gasteiger partial charge in [-0.15, -0.1) is 0 Å². The first-order valence-electron chi connectivity index (χ1n) is 5.05. The summed E-state index contributed by atoms with van der Waals surface area (Å²) in [5.41, 5.74) is 1.14. The number of aliphatic hydroxyl groups excluding tert-OH is 1. The number of benzene rings is 1. The fourth-order valence-corrected chi connectivity index (χ4v) is 1.30. The van der Waals surface area contributed by atoms with Crippen LogP contribution in [0.5, 0.6) is 0 Å². The number of hydrogen-bond acceptors (Lipinski definition) is 3. The molecule has 1 unspecified atom stereocenters. The van der Waals surface area contributed by atoms with Crippen molar-refractivity contribution in [3.8, 4) is 6.07 Å². The Kier molecular flexibility index (Phi) is 4.82. The molecule has 1 aromatic carbocycles. The van der Waals surface area contributed by atoms with Crippen LogP contribution in [0.4, 0.5) is 0 Å². The lowest BCUT2D eigenvalue weighted by atomic mass is 10.0. The smallest absolute Gasteiger partial charge is 0.100 e. The quantitative estimate of drug-likeness (QED) is 0.760. The molecular weight excluding hydrogens is 188 g/mol. The molecule has 0 amide bonds. The maximum Gasteiger partial charge on any atom is 0.100 e. The van der Waals surface area contributed by atoms with Gasteiger partial charge in [-0.1, -0.05) is 37.3 Å². The number of nitriles is 1. The van der Waals surface area contributed by atoms with Crippen molar-refractivity contribution in [1.82, 2.24) is 5.32 Å². The zero-order valence-corrected chi connectivity index (χ0v) is 8.85. The van der Waals surface area contributed by atoms with E-state index in [1.807, 2.05) is 37.3 Å². The van der Waals surface area contributed by atoms with Crippen molar-refractivity contribution in [3.05, 3.63) is 35.9 Å². The van der Waals surface area contributed by atoms with Crippen LogP contribution in [-0.2, 0) is 6.54 Å². The molecule has 2 N–H and O–H groups in total. The first kappa shape index (κ1) is 11.7. The van der Waals surface area contributed by atoms with E-state index in [-0.39, 0.29) is 18.6 Å². The molecule has 1 rings (SSSR count). The van der Waals surface area contributed by atoms with E-state index in [0.29, 0.717) is 6.54 Å². The third-order valence-corrected chi connectivity index (χ3v) is 2.37. The maximum absolute atomic E-state index is 8.94. The van der Waals surface area contributed by atoms with Crippen LogP contribution in [0.2, 0.25) is 0 Å². The van der Waals surface area contributed by atoms with E-state index in [4.69, 9.17) is 10.4 Å². The van der Waals surface area contributed by atoms with Gasteiger partial charge in [0.15, 0.2) is 0 Å². The van der Waals surface area contributed by atoms with Gasteiger partial charge in [-0.05, 0) is 5.56 Å². The summed E-state index contributed by atoms with van der Waals surface area (Å²) in [6, 6.07) is 11.8. The molecule has 1 aromatic rings. The molecule has 3 nitrogen and oxygen atoms in total. The monoisotopic (exact) mass is 204 g/mol. The molecule has 0 aliphatic rings. The van der Waals surface area contributed by atoms with Crippen molar-refractivity contribution in [3.63, 3.8) is 0 Å². The highest BCUT2D eigenvalue weighted by atomic mass is 16.3. The molecule has 0 saturated heterocycles. The predicted molar refractivity (Wildman–Crippen MR) is 58.9 cm³/mol. The largest absolute Gasteiger partial charge is 0.396 e. The Hall–Kier alpha value is -1.37. The van der Waals surface area contributed by atoms with E-state index in [1.165, 1.54) is 0 Å². The molecule has 2 atom stereocenters. The van der Waals surface area contributed by atoms with Crippen molar-refractivity contribution < 1.29 is 5.11 Å². The lowest BCUT2D eigenvalue weighted by molar-refractivity contribution is 0.217. The third kappa shape index (κ3) is 3.70. The minimum Gasteiger partial charge on any atom is -0.396 e. The molecule has 0 radical (unpaired) electrons. The zero-order valence-electron chi connectivity index (χ0n) is 8.85. The fraction of sp³-hybridized carbons (Fsp3) is 0.417. The molecule has 0 bridgehead atoms. The second kappa shape index (κ2) is 6.18. The van der Waals surface area contributed by atoms with Gasteiger partial charge in [-0.3, -0.25) is 5.32 Å². The maximum atomic E-state index is 8.94. The summed E-state index contributed by atoms with van der Waals surface area (Å²) in [4.78, 5) is 0. The van der Waals surface area contributed by atoms with Gasteiger partial charge in [0.25, 0.3) is 0 Å². The average molecular weight is 204 g/mol. The molecule has 80 valence electrons. The van der Waals surface area contributed by atoms with Gasteiger partial charge in [-0.2, -0.15) is 5.26 Å². The first-order valence-corrected chi connectivity index (χ1v) is 5.05. The van der Waals surface area contributed by atoms with Crippen molar-refractivity contribution in [2.45, 2.75) is 19.5 Å². The minimum atomic E-state index is -0.296. The molecule has 0 aromatic heterocycles. The summed E-state index contributed by atoms with van der Waals surface area (Å²) < 4.78 is 0. The van der Waals surface area contributed by atoms with Crippen LogP contribution in [-0.4, -0.2) is 17.8 Å². The molecule has 0 fully saturated rings. The van der Waals surface area contributed by atoms with Gasteiger partial charge in [-0.25, -0.2) is 0 Å². The number of aliphatic hydroxyl groups is 1. The highest BCUT2D eigenvalue weighted by molar-refractivity contribution is 5.14. The molecule has 0 saturated carbocycles. The topological polar surface area (TPSA) is 56.0 Å². The third-order valence-electron chi connectivity index (χ3n) is 2.37. The Morgan fingerprint density at radius 2 is 2.07 bits per heavy atom. The predicted octanol–water partition coefficient (Wildman–Crippen LogP) is 1.30. The van der Waals surface area contributed by atoms with Gasteiger partial charge < -0.3 is 5.11 Å². The van der Waals surface area contributed by atoms with E-state index in [1.54, 1.807) is 0 Å². The van der Waals surface area contributed by atoms with E-state index in [9.17, 15) is 0 Å². The molecule has 15 heavy (non-hydrogen) atoms. The molecule has 0 aliphatic carbocycles. The molecule has 3 heteroatoms. The van der Waals surface area contributed by atoms with E-state index < -0.39 is 0 Å². The van der Waals surface area contributed by atoms with Crippen LogP contribution in [0, 0.1) is 17.2 Å². The number of rotatable bonds is 5. The number of nitrogens with one attached hydrogen (secondary N) is 1. The summed E-state index contributed by atoms with van der Waals surface area (Å²) in [5.74, 6) is -0.0429. The second-order valence-corrected chi connectivity index (χ2v) is 3.63. The Morgan fingerprint density at radius 1 is 1.40 bits per heavy atom. The Morgan fingerprint density at radius 3 is 2.60 bits per heavy atom. The molecular formula is C12H16N2O. The van der Waals surface area contributed by atoms with Crippen molar-refractivity contribution >= 4 is 0 Å². The lowest BCUT2D eigenvalue weighted by Crippen LogP contribution is -2.34. The van der Waals surface area contributed by atoms with Crippen LogP contribution in [0.1, 0.15) is 12.5 Å². The zero-order chi connectivity index (χ0) is 11.1. The van der Waals surface area contributed by atoms with Crippen LogP contribution >= 0.6 is 0 Å². The van der Waals surface area contributed by atoms with Gasteiger partial charge >= 0.3 is 0 Å². The first-order chi connectivity index (χ1) is 7.27. The summed E-state index contributed by atoms with van der Waals surface area (Å²) in [5, 5.41) is 20.9. The fourth-order valence-electron chi connectivity index (χ4n) is 1.30. The average Bonchev–Trinajstić information content (AvgIpc) is 2.31. The SMILES string of the molecule is C[C@@H](CO)C(C#N)NCc1ccccc1. The van der Waals surface area contributed by atoms with Crippen molar-refractivity contribution in [1.29, 1.82) is 5.26 Å². The van der Waals surface area contributed by atoms with E-state index >= 15 is 0 Å². The van der Waals surface area contributed by atoms with Crippen LogP contribution in [0.25, 0.3) is 0 Å². The van der Waals surface area contributed by atoms with Crippen molar-refractivity contribution in [2.75, 3.05) is 6.61 Å². The van der Waals surface area contributed by atoms with Crippen LogP contribution in [0.15, 0.2) is 30.3 Å². The van der Waals surface area contributed by atoms with Gasteiger partial charge in [0.2, 0.25) is 0 Å². The second-order valence-electron chi connectivity index (χ2n) is 3.63.